The molecule has 1 unspecified atom stereocenters. The van der Waals surface area contributed by atoms with E-state index in [-0.39, 0.29) is 0 Å². The van der Waals surface area contributed by atoms with E-state index in [1.54, 1.807) is 0 Å². The molecule has 0 fully saturated rings. The van der Waals surface area contributed by atoms with Crippen LogP contribution in [0.5, 0.6) is 0 Å². The number of hydrogen-bond donors (Lipinski definition) is 0. The molecule has 0 aliphatic rings. The lowest BCUT2D eigenvalue weighted by Crippen LogP contribution is -2.13. The Bertz CT molecular complexity index is 47.3. The highest BCUT2D eigenvalue weighted by Crippen LogP contribution is 1.98. The van der Waals surface area contributed by atoms with Gasteiger partial charge in [0.05, 0.1) is 15.7 Å². The lowest BCUT2D eigenvalue weighted by Gasteiger charge is -2.12. The summed E-state index contributed by atoms with van der Waals surface area (Å²) in [5.74, 6) is 0. The monoisotopic (exact) mass is 125 g/mol. The second kappa shape index (κ2) is 5.65. The molecule has 0 amide bonds. The van der Waals surface area contributed by atoms with Crippen LogP contribution in [0.25, 0.3) is 0 Å². The van der Waals surface area contributed by atoms with Crippen molar-refractivity contribution in [3.8, 4) is 0 Å². The summed E-state index contributed by atoms with van der Waals surface area (Å²) >= 11 is 0. The standard InChI is InChI=1S/C4H10B2NP/c5-1-3-7(8)4-2-6/h1-4,8H2. The minimum absolute atomic E-state index is 0.698. The summed E-state index contributed by atoms with van der Waals surface area (Å²) in [6, 6.07) is 0. The van der Waals surface area contributed by atoms with Crippen LogP contribution in [0, 0.1) is 0 Å². The first kappa shape index (κ1) is 8.52. The normalized spacial score (nSPS) is 10.2. The molecule has 0 saturated heterocycles. The molecule has 0 aromatic heterocycles. The zero-order valence-electron chi connectivity index (χ0n) is 5.01. The SMILES string of the molecule is [B]CCN(P)CC[B]. The molecular formula is C4H10B2NP. The van der Waals surface area contributed by atoms with Gasteiger partial charge >= 0.3 is 0 Å². The van der Waals surface area contributed by atoms with E-state index in [0.717, 1.165) is 13.1 Å². The van der Waals surface area contributed by atoms with Crippen molar-refractivity contribution in [2.75, 3.05) is 13.1 Å². The van der Waals surface area contributed by atoms with Gasteiger partial charge in [0.25, 0.3) is 0 Å². The van der Waals surface area contributed by atoms with Gasteiger partial charge in [0.1, 0.15) is 0 Å². The van der Waals surface area contributed by atoms with Crippen molar-refractivity contribution >= 4 is 25.1 Å². The van der Waals surface area contributed by atoms with Crippen molar-refractivity contribution < 1.29 is 0 Å². The van der Waals surface area contributed by atoms with Crippen molar-refractivity contribution in [2.24, 2.45) is 0 Å². The molecule has 0 bridgehead atoms. The maximum Gasteiger partial charge on any atom is 0.0670 e. The van der Waals surface area contributed by atoms with Gasteiger partial charge in [-0.2, -0.15) is 0 Å². The Morgan fingerprint density at radius 3 is 1.75 bits per heavy atom. The molecule has 0 heterocycles. The third-order valence-electron chi connectivity index (χ3n) is 0.833. The van der Waals surface area contributed by atoms with Crippen LogP contribution in [0.1, 0.15) is 0 Å². The van der Waals surface area contributed by atoms with Crippen molar-refractivity contribution in [3.05, 3.63) is 0 Å². The molecule has 0 aromatic rings. The molecule has 4 radical (unpaired) electrons. The summed E-state index contributed by atoms with van der Waals surface area (Å²) in [6.45, 7) is 1.81. The van der Waals surface area contributed by atoms with E-state index in [1.165, 1.54) is 0 Å². The minimum Gasteiger partial charge on any atom is -0.289 e. The molecule has 0 spiro atoms. The van der Waals surface area contributed by atoms with E-state index in [0.29, 0.717) is 12.6 Å². The topological polar surface area (TPSA) is 3.24 Å². The highest BCUT2D eigenvalue weighted by molar-refractivity contribution is 7.13. The maximum atomic E-state index is 5.26. The first-order chi connectivity index (χ1) is 3.81. The molecule has 0 saturated carbocycles. The fraction of sp³-hybridized carbons (Fsp3) is 1.00. The summed E-state index contributed by atoms with van der Waals surface area (Å²) in [5, 5.41) is 0. The van der Waals surface area contributed by atoms with Gasteiger partial charge in [-0.3, -0.25) is 4.67 Å². The molecule has 0 aromatic carbocycles. The Hall–Kier alpha value is 0.520. The maximum absolute atomic E-state index is 5.26. The first-order valence-electron chi connectivity index (χ1n) is 2.71. The summed E-state index contributed by atoms with van der Waals surface area (Å²) in [6.07, 6.45) is 1.40. The zero-order valence-corrected chi connectivity index (χ0v) is 6.16. The van der Waals surface area contributed by atoms with E-state index in [9.17, 15) is 0 Å². The fourth-order valence-corrected chi connectivity index (χ4v) is 0.742. The van der Waals surface area contributed by atoms with Crippen LogP contribution in [-0.4, -0.2) is 33.5 Å². The second-order valence-electron chi connectivity index (χ2n) is 1.61. The Labute approximate surface area is 56.3 Å². The molecule has 42 valence electrons. The number of nitrogens with zero attached hydrogens (tertiary/aromatic N) is 1. The van der Waals surface area contributed by atoms with E-state index in [4.69, 9.17) is 15.7 Å². The third kappa shape index (κ3) is 4.67. The van der Waals surface area contributed by atoms with Gasteiger partial charge in [-0.05, 0) is 13.1 Å². The molecule has 0 rings (SSSR count). The Balaban J connectivity index is 2.92. The average Bonchev–Trinajstić information content (AvgIpc) is 1.68. The van der Waals surface area contributed by atoms with Crippen molar-refractivity contribution in [1.82, 2.24) is 4.67 Å². The van der Waals surface area contributed by atoms with Crippen LogP contribution >= 0.6 is 9.39 Å². The van der Waals surface area contributed by atoms with Gasteiger partial charge in [0.15, 0.2) is 0 Å². The highest BCUT2D eigenvalue weighted by Gasteiger charge is 1.90. The Morgan fingerprint density at radius 2 is 1.50 bits per heavy atom. The summed E-state index contributed by atoms with van der Waals surface area (Å²) in [4.78, 5) is 0. The lowest BCUT2D eigenvalue weighted by atomic mass is 10.0. The number of rotatable bonds is 4. The van der Waals surface area contributed by atoms with E-state index >= 15 is 0 Å². The summed E-state index contributed by atoms with van der Waals surface area (Å²) in [7, 11) is 13.1. The third-order valence-corrected chi connectivity index (χ3v) is 1.35. The van der Waals surface area contributed by atoms with E-state index < -0.39 is 0 Å². The van der Waals surface area contributed by atoms with Crippen LogP contribution < -0.4 is 0 Å². The molecule has 0 N–H and O–H groups in total. The van der Waals surface area contributed by atoms with Crippen molar-refractivity contribution in [2.45, 2.75) is 12.6 Å². The van der Waals surface area contributed by atoms with Crippen LogP contribution in [0.15, 0.2) is 0 Å². The highest BCUT2D eigenvalue weighted by atomic mass is 31.0. The van der Waals surface area contributed by atoms with Crippen LogP contribution in [0.2, 0.25) is 12.6 Å². The molecule has 1 nitrogen and oxygen atoms in total. The zero-order chi connectivity index (χ0) is 6.41. The van der Waals surface area contributed by atoms with Crippen LogP contribution in [-0.2, 0) is 0 Å². The van der Waals surface area contributed by atoms with E-state index in [1.807, 2.05) is 4.67 Å². The quantitative estimate of drug-likeness (QED) is 0.384. The van der Waals surface area contributed by atoms with E-state index in [2.05, 4.69) is 9.39 Å². The molecule has 4 heteroatoms. The fourth-order valence-electron chi connectivity index (χ4n) is 0.443. The Kier molecular flexibility index (Phi) is 6.02. The summed E-state index contributed by atoms with van der Waals surface area (Å²) < 4.78 is 2.03. The largest absolute Gasteiger partial charge is 0.289 e. The van der Waals surface area contributed by atoms with Gasteiger partial charge in [0, 0.05) is 0 Å². The van der Waals surface area contributed by atoms with Crippen LogP contribution in [0.3, 0.4) is 0 Å². The van der Waals surface area contributed by atoms with Crippen molar-refractivity contribution in [1.29, 1.82) is 0 Å². The predicted molar refractivity (Wildman–Crippen MR) is 42.4 cm³/mol. The molecular weight excluding hydrogens is 115 g/mol. The Morgan fingerprint density at radius 1 is 1.12 bits per heavy atom. The molecule has 8 heavy (non-hydrogen) atoms. The minimum atomic E-state index is 0.698. The number of hydrogen-bond acceptors (Lipinski definition) is 1. The van der Waals surface area contributed by atoms with Crippen molar-refractivity contribution in [3.63, 3.8) is 0 Å². The summed E-state index contributed by atoms with van der Waals surface area (Å²) in [5.41, 5.74) is 0. The van der Waals surface area contributed by atoms with Gasteiger partial charge in [0.2, 0.25) is 0 Å². The molecule has 0 aliphatic carbocycles. The predicted octanol–water partition coefficient (Wildman–Crippen LogP) is 0.252. The van der Waals surface area contributed by atoms with Gasteiger partial charge in [-0.15, -0.1) is 0 Å². The smallest absolute Gasteiger partial charge is 0.0670 e. The second-order valence-corrected chi connectivity index (χ2v) is 2.34. The molecule has 0 aliphatic heterocycles. The van der Waals surface area contributed by atoms with Gasteiger partial charge in [-0.25, -0.2) is 0 Å². The van der Waals surface area contributed by atoms with Gasteiger partial charge in [-0.1, -0.05) is 22.0 Å². The average molecular weight is 125 g/mol. The lowest BCUT2D eigenvalue weighted by molar-refractivity contribution is 0.524. The molecule has 1 atom stereocenters. The first-order valence-corrected chi connectivity index (χ1v) is 3.22. The van der Waals surface area contributed by atoms with Crippen LogP contribution in [0.4, 0.5) is 0 Å². The van der Waals surface area contributed by atoms with Gasteiger partial charge < -0.3 is 0 Å².